The molecule has 3 rings (SSSR count). The lowest BCUT2D eigenvalue weighted by Gasteiger charge is -2.02. The van der Waals surface area contributed by atoms with Gasteiger partial charge in [-0.2, -0.15) is 0 Å². The van der Waals surface area contributed by atoms with Crippen molar-refractivity contribution in [3.05, 3.63) is 23.6 Å². The van der Waals surface area contributed by atoms with Gasteiger partial charge in [-0.25, -0.2) is 9.97 Å². The van der Waals surface area contributed by atoms with Crippen LogP contribution in [0.1, 0.15) is 35.5 Å². The van der Waals surface area contributed by atoms with Crippen molar-refractivity contribution >= 4 is 17.1 Å². The fourth-order valence-corrected chi connectivity index (χ4v) is 2.49. The summed E-state index contributed by atoms with van der Waals surface area (Å²) in [6.07, 6.45) is 7.75. The van der Waals surface area contributed by atoms with Crippen LogP contribution in [0.25, 0.3) is 10.7 Å². The van der Waals surface area contributed by atoms with E-state index in [0.717, 1.165) is 10.7 Å². The number of hydrogen-bond donors (Lipinski definition) is 0. The summed E-state index contributed by atoms with van der Waals surface area (Å²) >= 11 is 1.44. The minimum absolute atomic E-state index is 0.0706. The van der Waals surface area contributed by atoms with Gasteiger partial charge in [0.15, 0.2) is 5.78 Å². The van der Waals surface area contributed by atoms with Gasteiger partial charge >= 0.3 is 0 Å². The van der Waals surface area contributed by atoms with E-state index in [1.807, 2.05) is 12.5 Å². The first kappa shape index (κ1) is 9.72. The monoisotopic (exact) mass is 233 g/mol. The minimum Gasteiger partial charge on any atom is -0.326 e. The molecule has 1 aliphatic rings. The Morgan fingerprint density at radius 3 is 2.94 bits per heavy atom. The molecule has 16 heavy (non-hydrogen) atoms. The zero-order valence-corrected chi connectivity index (χ0v) is 9.70. The molecule has 82 valence electrons. The number of nitrogens with zero attached hydrogens (tertiary/aromatic N) is 3. The van der Waals surface area contributed by atoms with Crippen LogP contribution in [0.15, 0.2) is 18.7 Å². The van der Waals surface area contributed by atoms with Crippen molar-refractivity contribution in [3.63, 3.8) is 0 Å². The van der Waals surface area contributed by atoms with E-state index in [1.165, 1.54) is 24.2 Å². The molecule has 1 aliphatic carbocycles. The SMILES string of the molecule is CC(=O)c1cnc(-c2cncn2C2CC2)s1. The van der Waals surface area contributed by atoms with Gasteiger partial charge in [0.05, 0.1) is 23.1 Å². The van der Waals surface area contributed by atoms with E-state index in [9.17, 15) is 4.79 Å². The fraction of sp³-hybridized carbons (Fsp3) is 0.364. The van der Waals surface area contributed by atoms with Crippen LogP contribution in [-0.4, -0.2) is 20.3 Å². The number of aromatic nitrogens is 3. The Balaban J connectivity index is 2.00. The Labute approximate surface area is 97.0 Å². The molecule has 2 aromatic rings. The van der Waals surface area contributed by atoms with E-state index >= 15 is 0 Å². The summed E-state index contributed by atoms with van der Waals surface area (Å²) in [6.45, 7) is 1.56. The summed E-state index contributed by atoms with van der Waals surface area (Å²) in [5.74, 6) is 0.0706. The molecule has 0 unspecified atom stereocenters. The smallest absolute Gasteiger partial charge is 0.171 e. The lowest BCUT2D eigenvalue weighted by Crippen LogP contribution is -1.93. The highest BCUT2D eigenvalue weighted by Crippen LogP contribution is 2.38. The number of thiazole rings is 1. The Kier molecular flexibility index (Phi) is 2.14. The molecule has 4 nitrogen and oxygen atoms in total. The first-order valence-corrected chi connectivity index (χ1v) is 6.06. The molecule has 0 atom stereocenters. The zero-order chi connectivity index (χ0) is 11.1. The third-order valence-electron chi connectivity index (χ3n) is 2.68. The molecule has 0 saturated heterocycles. The quantitative estimate of drug-likeness (QED) is 0.765. The Morgan fingerprint density at radius 1 is 1.50 bits per heavy atom. The number of hydrogen-bond acceptors (Lipinski definition) is 4. The van der Waals surface area contributed by atoms with Crippen molar-refractivity contribution in [2.24, 2.45) is 0 Å². The second-order valence-electron chi connectivity index (χ2n) is 4.00. The van der Waals surface area contributed by atoms with Gasteiger partial charge in [0, 0.05) is 19.2 Å². The number of carbonyl (C=O) groups is 1. The van der Waals surface area contributed by atoms with Crippen molar-refractivity contribution in [1.29, 1.82) is 0 Å². The van der Waals surface area contributed by atoms with Gasteiger partial charge in [0.25, 0.3) is 0 Å². The van der Waals surface area contributed by atoms with Crippen LogP contribution >= 0.6 is 11.3 Å². The second-order valence-corrected chi connectivity index (χ2v) is 5.03. The average molecular weight is 233 g/mol. The van der Waals surface area contributed by atoms with Crippen LogP contribution in [0.5, 0.6) is 0 Å². The third kappa shape index (κ3) is 1.57. The molecule has 0 N–H and O–H groups in total. The highest BCUT2D eigenvalue weighted by atomic mass is 32.1. The minimum atomic E-state index is 0.0706. The van der Waals surface area contributed by atoms with Crippen molar-refractivity contribution in [2.45, 2.75) is 25.8 Å². The zero-order valence-electron chi connectivity index (χ0n) is 8.88. The number of Topliss-reactive ketones (excluding diaryl/α,β-unsaturated/α-hetero) is 1. The average Bonchev–Trinajstić information content (AvgIpc) is 2.83. The molecule has 1 fully saturated rings. The lowest BCUT2D eigenvalue weighted by atomic mass is 10.4. The summed E-state index contributed by atoms with van der Waals surface area (Å²) in [7, 11) is 0. The van der Waals surface area contributed by atoms with Gasteiger partial charge in [0.1, 0.15) is 5.01 Å². The van der Waals surface area contributed by atoms with Gasteiger partial charge in [-0.1, -0.05) is 0 Å². The predicted molar refractivity (Wildman–Crippen MR) is 61.6 cm³/mol. The van der Waals surface area contributed by atoms with E-state index in [0.29, 0.717) is 10.9 Å². The van der Waals surface area contributed by atoms with Gasteiger partial charge < -0.3 is 4.57 Å². The van der Waals surface area contributed by atoms with E-state index in [2.05, 4.69) is 14.5 Å². The highest BCUT2D eigenvalue weighted by Gasteiger charge is 2.26. The lowest BCUT2D eigenvalue weighted by molar-refractivity contribution is 0.102. The van der Waals surface area contributed by atoms with Crippen LogP contribution in [0.3, 0.4) is 0 Å². The van der Waals surface area contributed by atoms with E-state index in [1.54, 1.807) is 13.1 Å². The molecule has 0 spiro atoms. The molecule has 2 heterocycles. The second kappa shape index (κ2) is 3.52. The number of carbonyl (C=O) groups excluding carboxylic acids is 1. The van der Waals surface area contributed by atoms with Crippen molar-refractivity contribution < 1.29 is 4.79 Å². The summed E-state index contributed by atoms with van der Waals surface area (Å²) in [5, 5.41) is 0.884. The van der Waals surface area contributed by atoms with E-state index in [-0.39, 0.29) is 5.78 Å². The Hall–Kier alpha value is -1.49. The van der Waals surface area contributed by atoms with Crippen LogP contribution in [-0.2, 0) is 0 Å². The largest absolute Gasteiger partial charge is 0.326 e. The molecule has 0 bridgehead atoms. The van der Waals surface area contributed by atoms with Crippen molar-refractivity contribution in [1.82, 2.24) is 14.5 Å². The maximum atomic E-state index is 11.2. The Morgan fingerprint density at radius 2 is 2.31 bits per heavy atom. The van der Waals surface area contributed by atoms with Crippen LogP contribution in [0, 0.1) is 0 Å². The van der Waals surface area contributed by atoms with Crippen LogP contribution < -0.4 is 0 Å². The van der Waals surface area contributed by atoms with Crippen molar-refractivity contribution in [2.75, 3.05) is 0 Å². The molecule has 0 radical (unpaired) electrons. The Bertz CT molecular complexity index is 539. The molecule has 5 heteroatoms. The van der Waals surface area contributed by atoms with Gasteiger partial charge in [0.2, 0.25) is 0 Å². The summed E-state index contributed by atoms with van der Waals surface area (Å²) in [4.78, 5) is 20.4. The van der Waals surface area contributed by atoms with Gasteiger partial charge in [-0.05, 0) is 12.8 Å². The molecular weight excluding hydrogens is 222 g/mol. The molecule has 0 aromatic carbocycles. The molecular formula is C11H11N3OS. The van der Waals surface area contributed by atoms with Crippen LogP contribution in [0.2, 0.25) is 0 Å². The third-order valence-corrected chi connectivity index (χ3v) is 3.80. The molecule has 0 aliphatic heterocycles. The van der Waals surface area contributed by atoms with Gasteiger partial charge in [-0.3, -0.25) is 4.79 Å². The summed E-state index contributed by atoms with van der Waals surface area (Å²) in [5.41, 5.74) is 1.03. The maximum Gasteiger partial charge on any atom is 0.171 e. The number of rotatable bonds is 3. The fourth-order valence-electron chi connectivity index (χ4n) is 1.67. The standard InChI is InChI=1S/C11H11N3OS/c1-7(15)10-5-13-11(16-10)9-4-12-6-14(9)8-2-3-8/h4-6,8H,2-3H2,1H3. The number of ketones is 1. The maximum absolute atomic E-state index is 11.2. The first-order valence-electron chi connectivity index (χ1n) is 5.24. The van der Waals surface area contributed by atoms with E-state index in [4.69, 9.17) is 0 Å². The van der Waals surface area contributed by atoms with Crippen molar-refractivity contribution in [3.8, 4) is 10.7 Å². The van der Waals surface area contributed by atoms with Gasteiger partial charge in [-0.15, -0.1) is 11.3 Å². The number of imidazole rings is 1. The highest BCUT2D eigenvalue weighted by molar-refractivity contribution is 7.16. The molecule has 2 aromatic heterocycles. The topological polar surface area (TPSA) is 47.8 Å². The van der Waals surface area contributed by atoms with E-state index < -0.39 is 0 Å². The first-order chi connectivity index (χ1) is 7.75. The van der Waals surface area contributed by atoms with Crippen LogP contribution in [0.4, 0.5) is 0 Å². The normalized spacial score (nSPS) is 15.3. The summed E-state index contributed by atoms with van der Waals surface area (Å²) in [6, 6.07) is 0.585. The predicted octanol–water partition coefficient (Wildman–Crippen LogP) is 2.54. The molecule has 0 amide bonds. The summed E-state index contributed by atoms with van der Waals surface area (Å²) < 4.78 is 2.16. The molecule has 1 saturated carbocycles.